The van der Waals surface area contributed by atoms with Crippen LogP contribution in [-0.4, -0.2) is 43.9 Å². The van der Waals surface area contributed by atoms with Gasteiger partial charge in [0.15, 0.2) is 5.75 Å². The third-order valence-electron chi connectivity index (χ3n) is 2.10. The minimum atomic E-state index is -4.01. The molecule has 1 unspecified atom stereocenters. The summed E-state index contributed by atoms with van der Waals surface area (Å²) in [6, 6.07) is 0. The molecule has 2 N–H and O–H groups in total. The number of esters is 1. The van der Waals surface area contributed by atoms with Crippen molar-refractivity contribution < 1.29 is 27.9 Å². The van der Waals surface area contributed by atoms with Crippen molar-refractivity contribution in [2.24, 2.45) is 0 Å². The molecule has 0 aliphatic heterocycles. The van der Waals surface area contributed by atoms with Crippen LogP contribution in [0.3, 0.4) is 0 Å². The van der Waals surface area contributed by atoms with Crippen molar-refractivity contribution in [3.8, 4) is 0 Å². The summed E-state index contributed by atoms with van der Waals surface area (Å²) in [4.78, 5) is 21.6. The van der Waals surface area contributed by atoms with Crippen LogP contribution in [0.2, 0.25) is 0 Å². The molecule has 0 heterocycles. The van der Waals surface area contributed by atoms with Crippen LogP contribution in [0.25, 0.3) is 0 Å². The van der Waals surface area contributed by atoms with Gasteiger partial charge in [-0.1, -0.05) is 6.92 Å². The number of hydrogen-bond acceptors (Lipinski definition) is 5. The van der Waals surface area contributed by atoms with E-state index in [2.05, 4.69) is 4.74 Å². The number of rotatable bonds is 6. The first kappa shape index (κ1) is 14.8. The van der Waals surface area contributed by atoms with Crippen molar-refractivity contribution in [3.63, 3.8) is 0 Å². The van der Waals surface area contributed by atoms with E-state index >= 15 is 0 Å². The molecule has 0 rings (SSSR count). The van der Waals surface area contributed by atoms with E-state index < -0.39 is 33.3 Å². The van der Waals surface area contributed by atoms with Crippen molar-refractivity contribution in [2.45, 2.75) is 25.8 Å². The Morgan fingerprint density at radius 1 is 1.44 bits per heavy atom. The normalized spacial score (nSPS) is 15.2. The predicted molar refractivity (Wildman–Crippen MR) is 55.3 cm³/mol. The van der Waals surface area contributed by atoms with Crippen molar-refractivity contribution in [3.05, 3.63) is 0 Å². The maximum Gasteiger partial charge on any atom is 0.324 e. The summed E-state index contributed by atoms with van der Waals surface area (Å²) in [5, 5.41) is 8.84. The van der Waals surface area contributed by atoms with Gasteiger partial charge in [0.1, 0.15) is 5.54 Å². The fraction of sp³-hybridized carbons (Fsp3) is 0.750. The van der Waals surface area contributed by atoms with Crippen LogP contribution in [0.1, 0.15) is 20.3 Å². The van der Waals surface area contributed by atoms with E-state index in [0.717, 1.165) is 7.11 Å². The van der Waals surface area contributed by atoms with Crippen LogP contribution in [-0.2, 0) is 24.3 Å². The number of nitrogens with one attached hydrogen (secondary N) is 1. The summed E-state index contributed by atoms with van der Waals surface area (Å²) in [5.41, 5.74) is -1.62. The Balaban J connectivity index is 4.82. The van der Waals surface area contributed by atoms with Gasteiger partial charge in [-0.05, 0) is 13.3 Å². The van der Waals surface area contributed by atoms with Gasteiger partial charge in [-0.3, -0.25) is 9.59 Å². The van der Waals surface area contributed by atoms with Crippen LogP contribution in [0.5, 0.6) is 0 Å². The molecular weight excluding hydrogens is 238 g/mol. The highest BCUT2D eigenvalue weighted by molar-refractivity contribution is 7.90. The number of sulfonamides is 1. The van der Waals surface area contributed by atoms with Gasteiger partial charge >= 0.3 is 11.9 Å². The van der Waals surface area contributed by atoms with Crippen LogP contribution in [0, 0.1) is 0 Å². The molecule has 7 nitrogen and oxygen atoms in total. The number of carbonyl (C=O) groups excluding carboxylic acids is 1. The highest BCUT2D eigenvalue weighted by atomic mass is 32.2. The second-order valence-electron chi connectivity index (χ2n) is 3.43. The fourth-order valence-corrected chi connectivity index (χ4v) is 2.28. The van der Waals surface area contributed by atoms with Crippen LogP contribution < -0.4 is 4.72 Å². The highest BCUT2D eigenvalue weighted by Crippen LogP contribution is 2.11. The van der Waals surface area contributed by atoms with E-state index in [-0.39, 0.29) is 6.42 Å². The van der Waals surface area contributed by atoms with E-state index in [4.69, 9.17) is 5.11 Å². The first-order valence-corrected chi connectivity index (χ1v) is 6.14. The van der Waals surface area contributed by atoms with Crippen molar-refractivity contribution in [1.29, 1.82) is 0 Å². The summed E-state index contributed by atoms with van der Waals surface area (Å²) in [6.07, 6.45) is 0.0583. The molecule has 0 radical (unpaired) electrons. The SMILES string of the molecule is CCC(C)(NS(=O)(=O)CC(=O)OC)C(=O)O. The molecular formula is C8H15NO6S. The summed E-state index contributed by atoms with van der Waals surface area (Å²) >= 11 is 0. The molecule has 0 bridgehead atoms. The minimum absolute atomic E-state index is 0.0583. The van der Waals surface area contributed by atoms with Gasteiger partial charge in [0.05, 0.1) is 7.11 Å². The quantitative estimate of drug-likeness (QED) is 0.608. The molecule has 0 amide bonds. The predicted octanol–water partition coefficient (Wildman–Crippen LogP) is -0.668. The van der Waals surface area contributed by atoms with Gasteiger partial charge in [-0.25, -0.2) is 8.42 Å². The van der Waals surface area contributed by atoms with Gasteiger partial charge in [0.25, 0.3) is 0 Å². The second-order valence-corrected chi connectivity index (χ2v) is 5.15. The van der Waals surface area contributed by atoms with Crippen LogP contribution in [0.15, 0.2) is 0 Å². The lowest BCUT2D eigenvalue weighted by Gasteiger charge is -2.23. The minimum Gasteiger partial charge on any atom is -0.480 e. The molecule has 0 aliphatic rings. The molecule has 0 fully saturated rings. The van der Waals surface area contributed by atoms with Crippen LogP contribution >= 0.6 is 0 Å². The van der Waals surface area contributed by atoms with Gasteiger partial charge < -0.3 is 9.84 Å². The average Bonchev–Trinajstić information content (AvgIpc) is 2.15. The lowest BCUT2D eigenvalue weighted by Crippen LogP contribution is -2.52. The molecule has 0 aromatic heterocycles. The molecule has 0 aliphatic carbocycles. The van der Waals surface area contributed by atoms with Crippen LogP contribution in [0.4, 0.5) is 0 Å². The Hall–Kier alpha value is -1.15. The fourth-order valence-electron chi connectivity index (χ4n) is 0.860. The molecule has 0 saturated heterocycles. The van der Waals surface area contributed by atoms with E-state index in [0.29, 0.717) is 0 Å². The lowest BCUT2D eigenvalue weighted by molar-refractivity contribution is -0.143. The monoisotopic (exact) mass is 253 g/mol. The maximum atomic E-state index is 11.4. The second kappa shape index (κ2) is 5.26. The number of aliphatic carboxylic acids is 1. The first-order chi connectivity index (χ1) is 7.17. The zero-order valence-corrected chi connectivity index (χ0v) is 10.1. The number of ether oxygens (including phenoxy) is 1. The lowest BCUT2D eigenvalue weighted by atomic mass is 10.0. The Kier molecular flexibility index (Phi) is 4.88. The summed E-state index contributed by atoms with van der Waals surface area (Å²) in [6.45, 7) is 2.75. The van der Waals surface area contributed by atoms with E-state index in [9.17, 15) is 18.0 Å². The molecule has 0 aromatic rings. The Morgan fingerprint density at radius 2 is 1.94 bits per heavy atom. The maximum absolute atomic E-state index is 11.4. The molecule has 0 spiro atoms. The van der Waals surface area contributed by atoms with Crippen molar-refractivity contribution in [1.82, 2.24) is 4.72 Å². The molecule has 0 aromatic carbocycles. The zero-order chi connectivity index (χ0) is 13.0. The smallest absolute Gasteiger partial charge is 0.324 e. The summed E-state index contributed by atoms with van der Waals surface area (Å²) in [7, 11) is -2.96. The first-order valence-electron chi connectivity index (χ1n) is 4.48. The third kappa shape index (κ3) is 4.15. The number of carboxylic acid groups (broad SMARTS) is 1. The number of carboxylic acids is 1. The van der Waals surface area contributed by atoms with Gasteiger partial charge in [-0.2, -0.15) is 4.72 Å². The molecule has 1 atom stereocenters. The summed E-state index contributed by atoms with van der Waals surface area (Å²) < 4.78 is 29.0. The molecule has 94 valence electrons. The average molecular weight is 253 g/mol. The Labute approximate surface area is 93.8 Å². The topological polar surface area (TPSA) is 110 Å². The van der Waals surface area contributed by atoms with E-state index in [1.54, 1.807) is 0 Å². The molecule has 0 saturated carbocycles. The Bertz CT molecular complexity index is 376. The van der Waals surface area contributed by atoms with E-state index in [1.807, 2.05) is 4.72 Å². The molecule has 8 heteroatoms. The highest BCUT2D eigenvalue weighted by Gasteiger charge is 2.36. The third-order valence-corrected chi connectivity index (χ3v) is 3.47. The molecule has 16 heavy (non-hydrogen) atoms. The largest absolute Gasteiger partial charge is 0.480 e. The summed E-state index contributed by atoms with van der Waals surface area (Å²) in [5.74, 6) is -3.15. The van der Waals surface area contributed by atoms with Gasteiger partial charge in [-0.15, -0.1) is 0 Å². The Morgan fingerprint density at radius 3 is 2.25 bits per heavy atom. The number of methoxy groups -OCH3 is 1. The zero-order valence-electron chi connectivity index (χ0n) is 9.31. The standard InChI is InChI=1S/C8H15NO6S/c1-4-8(2,7(11)12)9-16(13,14)5-6(10)15-3/h9H,4-5H2,1-3H3,(H,11,12). The van der Waals surface area contributed by atoms with Gasteiger partial charge in [0.2, 0.25) is 10.0 Å². The van der Waals surface area contributed by atoms with E-state index in [1.165, 1.54) is 13.8 Å². The number of carbonyl (C=O) groups is 2. The number of hydrogen-bond donors (Lipinski definition) is 2. The van der Waals surface area contributed by atoms with Crippen molar-refractivity contribution in [2.75, 3.05) is 12.9 Å². The van der Waals surface area contributed by atoms with Gasteiger partial charge in [0, 0.05) is 0 Å². The van der Waals surface area contributed by atoms with Crippen molar-refractivity contribution >= 4 is 22.0 Å².